The smallest absolute Gasteiger partial charge is 0.208 e. The summed E-state index contributed by atoms with van der Waals surface area (Å²) in [5.41, 5.74) is 2.89. The molecular weight excluding hydrogens is 318 g/mol. The van der Waals surface area contributed by atoms with Gasteiger partial charge in [0.05, 0.1) is 11.4 Å². The molecule has 5 nitrogen and oxygen atoms in total. The van der Waals surface area contributed by atoms with E-state index in [-0.39, 0.29) is 0 Å². The SMILES string of the molecule is CCc1nc(SCc2c(C)nn(-c3ccccc3)c2Cl)n[nH]1. The Kier molecular flexibility index (Phi) is 4.49. The number of rotatable bonds is 5. The lowest BCUT2D eigenvalue weighted by Crippen LogP contribution is -1.96. The fourth-order valence-corrected chi connectivity index (χ4v) is 3.39. The summed E-state index contributed by atoms with van der Waals surface area (Å²) in [5.74, 6) is 1.59. The van der Waals surface area contributed by atoms with Crippen molar-refractivity contribution in [3.63, 3.8) is 0 Å². The Morgan fingerprint density at radius 2 is 2.05 bits per heavy atom. The molecule has 0 saturated heterocycles. The van der Waals surface area contributed by atoms with Crippen LogP contribution in [0.25, 0.3) is 5.69 Å². The third-order valence-electron chi connectivity index (χ3n) is 3.31. The molecule has 0 bridgehead atoms. The molecule has 1 N–H and O–H groups in total. The van der Waals surface area contributed by atoms with E-state index in [2.05, 4.69) is 20.3 Å². The molecule has 1 aromatic carbocycles. The van der Waals surface area contributed by atoms with Crippen molar-refractivity contribution < 1.29 is 0 Å². The zero-order valence-corrected chi connectivity index (χ0v) is 13.9. The van der Waals surface area contributed by atoms with Crippen LogP contribution in [-0.4, -0.2) is 25.0 Å². The van der Waals surface area contributed by atoms with Crippen LogP contribution >= 0.6 is 23.4 Å². The van der Waals surface area contributed by atoms with Crippen LogP contribution in [-0.2, 0) is 12.2 Å². The molecule has 3 aromatic rings. The molecule has 0 spiro atoms. The number of H-pyrrole nitrogens is 1. The molecule has 114 valence electrons. The number of aromatic nitrogens is 5. The van der Waals surface area contributed by atoms with Gasteiger partial charge in [0.25, 0.3) is 0 Å². The van der Waals surface area contributed by atoms with E-state index in [1.807, 2.05) is 44.2 Å². The van der Waals surface area contributed by atoms with Crippen LogP contribution in [0, 0.1) is 6.92 Å². The van der Waals surface area contributed by atoms with E-state index in [4.69, 9.17) is 11.6 Å². The standard InChI is InChI=1S/C15H16ClN5S/c1-3-13-17-15(19-18-13)22-9-12-10(2)20-21(14(12)16)11-7-5-4-6-8-11/h4-8H,3,9H2,1-2H3,(H,17,18,19). The minimum absolute atomic E-state index is 0.641. The van der Waals surface area contributed by atoms with Crippen LogP contribution in [0.15, 0.2) is 35.5 Å². The molecule has 0 fully saturated rings. The van der Waals surface area contributed by atoms with Crippen LogP contribution in [0.4, 0.5) is 0 Å². The normalized spacial score (nSPS) is 11.0. The molecule has 0 unspecified atom stereocenters. The van der Waals surface area contributed by atoms with Gasteiger partial charge in [-0.25, -0.2) is 9.67 Å². The van der Waals surface area contributed by atoms with Gasteiger partial charge in [-0.05, 0) is 19.1 Å². The van der Waals surface area contributed by atoms with Gasteiger partial charge in [-0.1, -0.05) is 48.5 Å². The van der Waals surface area contributed by atoms with Gasteiger partial charge in [-0.2, -0.15) is 5.10 Å². The Balaban J connectivity index is 1.81. The maximum Gasteiger partial charge on any atom is 0.208 e. The third-order valence-corrected chi connectivity index (χ3v) is 4.58. The molecule has 7 heteroatoms. The highest BCUT2D eigenvalue weighted by Gasteiger charge is 2.15. The highest BCUT2D eigenvalue weighted by molar-refractivity contribution is 7.98. The number of thioether (sulfide) groups is 1. The van der Waals surface area contributed by atoms with Gasteiger partial charge in [0.1, 0.15) is 11.0 Å². The molecule has 0 atom stereocenters. The van der Waals surface area contributed by atoms with Crippen LogP contribution in [0.2, 0.25) is 5.15 Å². The minimum atomic E-state index is 0.641. The summed E-state index contributed by atoms with van der Waals surface area (Å²) in [5, 5.41) is 13.0. The summed E-state index contributed by atoms with van der Waals surface area (Å²) in [4.78, 5) is 4.39. The summed E-state index contributed by atoms with van der Waals surface area (Å²) in [6, 6.07) is 9.88. The van der Waals surface area contributed by atoms with Crippen molar-refractivity contribution in [2.45, 2.75) is 31.2 Å². The van der Waals surface area contributed by atoms with Gasteiger partial charge < -0.3 is 0 Å². The Morgan fingerprint density at radius 1 is 1.27 bits per heavy atom. The van der Waals surface area contributed by atoms with Gasteiger partial charge in [-0.3, -0.25) is 5.10 Å². The number of hydrogen-bond donors (Lipinski definition) is 1. The quantitative estimate of drug-likeness (QED) is 0.721. The second-order valence-electron chi connectivity index (χ2n) is 4.81. The van der Waals surface area contributed by atoms with Crippen LogP contribution in [0.3, 0.4) is 0 Å². The van der Waals surface area contributed by atoms with Gasteiger partial charge >= 0.3 is 0 Å². The van der Waals surface area contributed by atoms with E-state index >= 15 is 0 Å². The lowest BCUT2D eigenvalue weighted by atomic mass is 10.3. The average Bonchev–Trinajstić information content (AvgIpc) is 3.11. The fraction of sp³-hybridized carbons (Fsp3) is 0.267. The number of halogens is 1. The lowest BCUT2D eigenvalue weighted by molar-refractivity contribution is 0.863. The number of nitrogens with one attached hydrogen (secondary N) is 1. The molecule has 3 rings (SSSR count). The molecule has 2 aromatic heterocycles. The Morgan fingerprint density at radius 3 is 2.73 bits per heavy atom. The third kappa shape index (κ3) is 3.03. The van der Waals surface area contributed by atoms with E-state index in [0.29, 0.717) is 10.9 Å². The average molecular weight is 334 g/mol. The van der Waals surface area contributed by atoms with Gasteiger partial charge in [0.15, 0.2) is 0 Å². The maximum atomic E-state index is 6.50. The maximum absolute atomic E-state index is 6.50. The van der Waals surface area contributed by atoms with E-state index in [1.165, 1.54) is 0 Å². The first-order valence-electron chi connectivity index (χ1n) is 7.02. The van der Waals surface area contributed by atoms with Crippen molar-refractivity contribution in [1.82, 2.24) is 25.0 Å². The van der Waals surface area contributed by atoms with Crippen molar-refractivity contribution in [3.8, 4) is 5.69 Å². The molecule has 0 aliphatic heterocycles. The van der Waals surface area contributed by atoms with Crippen molar-refractivity contribution in [3.05, 3.63) is 52.6 Å². The molecule has 0 radical (unpaired) electrons. The molecule has 0 aliphatic carbocycles. The first-order chi connectivity index (χ1) is 10.7. The topological polar surface area (TPSA) is 59.4 Å². The zero-order chi connectivity index (χ0) is 15.5. The van der Waals surface area contributed by atoms with E-state index in [9.17, 15) is 0 Å². The number of benzene rings is 1. The van der Waals surface area contributed by atoms with Crippen molar-refractivity contribution in [2.24, 2.45) is 0 Å². The molecule has 22 heavy (non-hydrogen) atoms. The summed E-state index contributed by atoms with van der Waals surface area (Å²) < 4.78 is 1.77. The van der Waals surface area contributed by atoms with Gasteiger partial charge in [0.2, 0.25) is 5.16 Å². The molecule has 0 amide bonds. The van der Waals surface area contributed by atoms with Crippen LogP contribution in [0.1, 0.15) is 24.0 Å². The molecular formula is C15H16ClN5S. The molecule has 2 heterocycles. The summed E-state index contributed by atoms with van der Waals surface area (Å²) in [7, 11) is 0. The first-order valence-corrected chi connectivity index (χ1v) is 8.39. The second-order valence-corrected chi connectivity index (χ2v) is 6.11. The zero-order valence-electron chi connectivity index (χ0n) is 12.4. The number of aryl methyl sites for hydroxylation is 2. The number of nitrogens with zero attached hydrogens (tertiary/aromatic N) is 4. The van der Waals surface area contributed by atoms with Crippen LogP contribution in [0.5, 0.6) is 0 Å². The van der Waals surface area contributed by atoms with E-state index in [1.54, 1.807) is 16.4 Å². The summed E-state index contributed by atoms with van der Waals surface area (Å²) in [6.07, 6.45) is 0.847. The number of aromatic amines is 1. The molecule has 0 aliphatic rings. The Labute approximate surface area is 138 Å². The Hall–Kier alpha value is -1.79. The Bertz CT molecular complexity index is 766. The van der Waals surface area contributed by atoms with Crippen LogP contribution < -0.4 is 0 Å². The predicted octanol–water partition coefficient (Wildman–Crippen LogP) is 3.81. The second kappa shape index (κ2) is 6.54. The predicted molar refractivity (Wildman–Crippen MR) is 88.6 cm³/mol. The fourth-order valence-electron chi connectivity index (χ4n) is 2.07. The van der Waals surface area contributed by atoms with Crippen molar-refractivity contribution >= 4 is 23.4 Å². The lowest BCUT2D eigenvalue weighted by Gasteiger charge is -2.02. The number of hydrogen-bond acceptors (Lipinski definition) is 4. The largest absolute Gasteiger partial charge is 0.262 e. The highest BCUT2D eigenvalue weighted by Crippen LogP contribution is 2.29. The van der Waals surface area contributed by atoms with E-state index < -0.39 is 0 Å². The monoisotopic (exact) mass is 333 g/mol. The first kappa shape index (κ1) is 15.1. The van der Waals surface area contributed by atoms with E-state index in [0.717, 1.165) is 34.3 Å². The van der Waals surface area contributed by atoms with Crippen molar-refractivity contribution in [2.75, 3.05) is 0 Å². The highest BCUT2D eigenvalue weighted by atomic mass is 35.5. The van der Waals surface area contributed by atoms with Crippen molar-refractivity contribution in [1.29, 1.82) is 0 Å². The summed E-state index contributed by atoms with van der Waals surface area (Å²) in [6.45, 7) is 4.01. The van der Waals surface area contributed by atoms with Gasteiger partial charge in [0, 0.05) is 17.7 Å². The minimum Gasteiger partial charge on any atom is -0.262 e. The molecule has 0 saturated carbocycles. The summed E-state index contributed by atoms with van der Waals surface area (Å²) >= 11 is 8.06. The number of para-hydroxylation sites is 1. The van der Waals surface area contributed by atoms with Gasteiger partial charge in [-0.15, -0.1) is 5.10 Å².